The summed E-state index contributed by atoms with van der Waals surface area (Å²) in [7, 11) is 0. The Morgan fingerprint density at radius 1 is 1.21 bits per heavy atom. The molecule has 6 heteroatoms. The van der Waals surface area contributed by atoms with Crippen molar-refractivity contribution in [2.24, 2.45) is 0 Å². The SMILES string of the molecule is CC(=O)N1CCC(c2nc(C3CC3)ncc2-c2cc(C)no2)CC1. The van der Waals surface area contributed by atoms with Crippen molar-refractivity contribution >= 4 is 5.91 Å². The Labute approximate surface area is 141 Å². The van der Waals surface area contributed by atoms with E-state index >= 15 is 0 Å². The summed E-state index contributed by atoms with van der Waals surface area (Å²) in [6, 6.07) is 1.93. The van der Waals surface area contributed by atoms with Crippen LogP contribution in [0.2, 0.25) is 0 Å². The van der Waals surface area contributed by atoms with Crippen LogP contribution in [0.5, 0.6) is 0 Å². The number of rotatable bonds is 3. The molecular formula is C18H22N4O2. The van der Waals surface area contributed by atoms with Gasteiger partial charge in [0, 0.05) is 44.1 Å². The van der Waals surface area contributed by atoms with Gasteiger partial charge in [-0.1, -0.05) is 5.16 Å². The van der Waals surface area contributed by atoms with E-state index in [0.29, 0.717) is 11.8 Å². The molecule has 1 saturated carbocycles. The van der Waals surface area contributed by atoms with Gasteiger partial charge in [-0.3, -0.25) is 4.79 Å². The molecule has 0 aromatic carbocycles. The van der Waals surface area contributed by atoms with E-state index in [2.05, 4.69) is 10.1 Å². The van der Waals surface area contributed by atoms with Crippen LogP contribution in [0.25, 0.3) is 11.3 Å². The maximum atomic E-state index is 11.6. The highest BCUT2D eigenvalue weighted by Gasteiger charge is 2.31. The topological polar surface area (TPSA) is 72.1 Å². The van der Waals surface area contributed by atoms with Crippen LogP contribution in [0.3, 0.4) is 0 Å². The van der Waals surface area contributed by atoms with E-state index < -0.39 is 0 Å². The van der Waals surface area contributed by atoms with Crippen LogP contribution in [-0.2, 0) is 4.79 Å². The van der Waals surface area contributed by atoms with Gasteiger partial charge >= 0.3 is 0 Å². The number of amides is 1. The third-order valence-electron chi connectivity index (χ3n) is 5.00. The number of nitrogens with zero attached hydrogens (tertiary/aromatic N) is 4. The zero-order valence-electron chi connectivity index (χ0n) is 14.2. The average molecular weight is 326 g/mol. The molecule has 6 nitrogen and oxygen atoms in total. The molecule has 0 bridgehead atoms. The summed E-state index contributed by atoms with van der Waals surface area (Å²) >= 11 is 0. The van der Waals surface area contributed by atoms with Gasteiger partial charge in [-0.25, -0.2) is 9.97 Å². The van der Waals surface area contributed by atoms with Crippen molar-refractivity contribution in [3.63, 3.8) is 0 Å². The predicted molar refractivity (Wildman–Crippen MR) is 88.5 cm³/mol. The van der Waals surface area contributed by atoms with E-state index in [4.69, 9.17) is 9.51 Å². The molecule has 24 heavy (non-hydrogen) atoms. The molecule has 2 aromatic rings. The highest BCUT2D eigenvalue weighted by atomic mass is 16.5. The molecule has 0 radical (unpaired) electrons. The number of likely N-dealkylation sites (tertiary alicyclic amines) is 1. The Hall–Kier alpha value is -2.24. The van der Waals surface area contributed by atoms with Crippen LogP contribution in [0.15, 0.2) is 16.8 Å². The van der Waals surface area contributed by atoms with E-state index in [-0.39, 0.29) is 5.91 Å². The first-order chi connectivity index (χ1) is 11.6. The number of carbonyl (C=O) groups excluding carboxylic acids is 1. The summed E-state index contributed by atoms with van der Waals surface area (Å²) in [5.74, 6) is 2.70. The Balaban J connectivity index is 1.66. The molecule has 0 N–H and O–H groups in total. The lowest BCUT2D eigenvalue weighted by Gasteiger charge is -2.31. The van der Waals surface area contributed by atoms with Gasteiger partial charge in [0.05, 0.1) is 17.0 Å². The van der Waals surface area contributed by atoms with E-state index in [1.807, 2.05) is 24.1 Å². The fourth-order valence-electron chi connectivity index (χ4n) is 3.41. The minimum atomic E-state index is 0.154. The summed E-state index contributed by atoms with van der Waals surface area (Å²) in [6.45, 7) is 5.13. The molecule has 0 atom stereocenters. The summed E-state index contributed by atoms with van der Waals surface area (Å²) in [4.78, 5) is 22.9. The molecule has 4 rings (SSSR count). The van der Waals surface area contributed by atoms with Crippen molar-refractivity contribution in [1.82, 2.24) is 20.0 Å². The molecule has 2 aliphatic rings. The maximum absolute atomic E-state index is 11.6. The van der Waals surface area contributed by atoms with Crippen molar-refractivity contribution in [2.75, 3.05) is 13.1 Å². The van der Waals surface area contributed by atoms with Crippen LogP contribution in [0, 0.1) is 6.92 Å². The second-order valence-electron chi connectivity index (χ2n) is 6.91. The Bertz CT molecular complexity index is 758. The Morgan fingerprint density at radius 3 is 2.54 bits per heavy atom. The third-order valence-corrected chi connectivity index (χ3v) is 5.00. The average Bonchev–Trinajstić information content (AvgIpc) is 3.36. The minimum absolute atomic E-state index is 0.154. The zero-order valence-corrected chi connectivity index (χ0v) is 14.2. The van der Waals surface area contributed by atoms with Gasteiger partial charge in [0.25, 0.3) is 0 Å². The van der Waals surface area contributed by atoms with Gasteiger partial charge in [-0.05, 0) is 32.6 Å². The standard InChI is InChI=1S/C18H22N4O2/c1-11-9-16(24-21-11)15-10-19-18(14-3-4-14)20-17(15)13-5-7-22(8-6-13)12(2)23/h9-10,13-14H,3-8H2,1-2H3. The first-order valence-electron chi connectivity index (χ1n) is 8.68. The molecule has 1 saturated heterocycles. The third kappa shape index (κ3) is 2.92. The van der Waals surface area contributed by atoms with E-state index in [9.17, 15) is 4.79 Å². The molecule has 126 valence electrons. The molecule has 2 fully saturated rings. The summed E-state index contributed by atoms with van der Waals surface area (Å²) < 4.78 is 5.46. The summed E-state index contributed by atoms with van der Waals surface area (Å²) in [5, 5.41) is 4.00. The van der Waals surface area contributed by atoms with Crippen molar-refractivity contribution in [2.45, 2.75) is 51.4 Å². The smallest absolute Gasteiger partial charge is 0.219 e. The van der Waals surface area contributed by atoms with Crippen LogP contribution < -0.4 is 0 Å². The summed E-state index contributed by atoms with van der Waals surface area (Å²) in [6.07, 6.45) is 6.13. The normalized spacial score (nSPS) is 18.8. The second-order valence-corrected chi connectivity index (χ2v) is 6.91. The highest BCUT2D eigenvalue weighted by Crippen LogP contribution is 2.40. The van der Waals surface area contributed by atoms with E-state index in [1.165, 1.54) is 12.8 Å². The van der Waals surface area contributed by atoms with Gasteiger partial charge in [0.1, 0.15) is 5.82 Å². The van der Waals surface area contributed by atoms with Crippen LogP contribution in [0.4, 0.5) is 0 Å². The minimum Gasteiger partial charge on any atom is -0.356 e. The van der Waals surface area contributed by atoms with Gasteiger partial charge in [-0.2, -0.15) is 0 Å². The number of piperidine rings is 1. The van der Waals surface area contributed by atoms with Crippen molar-refractivity contribution in [3.05, 3.63) is 29.5 Å². The molecule has 2 aromatic heterocycles. The zero-order chi connectivity index (χ0) is 16.7. The van der Waals surface area contributed by atoms with Crippen molar-refractivity contribution < 1.29 is 9.32 Å². The highest BCUT2D eigenvalue weighted by molar-refractivity contribution is 5.73. The van der Waals surface area contributed by atoms with Crippen molar-refractivity contribution in [1.29, 1.82) is 0 Å². The Morgan fingerprint density at radius 2 is 1.96 bits per heavy atom. The van der Waals surface area contributed by atoms with Crippen LogP contribution >= 0.6 is 0 Å². The molecule has 1 amide bonds. The summed E-state index contributed by atoms with van der Waals surface area (Å²) in [5.41, 5.74) is 2.86. The second kappa shape index (κ2) is 6.00. The number of aromatic nitrogens is 3. The molecule has 0 unspecified atom stereocenters. The molecule has 1 aliphatic heterocycles. The quantitative estimate of drug-likeness (QED) is 0.867. The van der Waals surface area contributed by atoms with Gasteiger partial charge in [0.15, 0.2) is 5.76 Å². The lowest BCUT2D eigenvalue weighted by Crippen LogP contribution is -2.36. The first-order valence-corrected chi connectivity index (χ1v) is 8.68. The van der Waals surface area contributed by atoms with Gasteiger partial charge in [-0.15, -0.1) is 0 Å². The molecule has 3 heterocycles. The van der Waals surface area contributed by atoms with Gasteiger partial charge in [0.2, 0.25) is 5.91 Å². The number of hydrogen-bond donors (Lipinski definition) is 0. The Kier molecular flexibility index (Phi) is 3.82. The lowest BCUT2D eigenvalue weighted by atomic mass is 9.90. The van der Waals surface area contributed by atoms with Crippen LogP contribution in [-0.4, -0.2) is 39.0 Å². The fourth-order valence-corrected chi connectivity index (χ4v) is 3.41. The number of carbonyl (C=O) groups is 1. The van der Waals surface area contributed by atoms with E-state index in [0.717, 1.165) is 54.5 Å². The fraction of sp³-hybridized carbons (Fsp3) is 0.556. The van der Waals surface area contributed by atoms with Crippen LogP contribution in [0.1, 0.15) is 61.7 Å². The molecular weight excluding hydrogens is 304 g/mol. The van der Waals surface area contributed by atoms with E-state index in [1.54, 1.807) is 6.92 Å². The predicted octanol–water partition coefficient (Wildman–Crippen LogP) is 3.04. The molecule has 1 aliphatic carbocycles. The first kappa shape index (κ1) is 15.3. The lowest BCUT2D eigenvalue weighted by molar-refractivity contribution is -0.129. The number of aryl methyl sites for hydroxylation is 1. The monoisotopic (exact) mass is 326 g/mol. The van der Waals surface area contributed by atoms with Gasteiger partial charge < -0.3 is 9.42 Å². The number of hydrogen-bond acceptors (Lipinski definition) is 5. The molecule has 0 spiro atoms. The largest absolute Gasteiger partial charge is 0.356 e. The maximum Gasteiger partial charge on any atom is 0.219 e. The van der Waals surface area contributed by atoms with Crippen molar-refractivity contribution in [3.8, 4) is 11.3 Å².